The van der Waals surface area contributed by atoms with E-state index < -0.39 is 10.8 Å². The van der Waals surface area contributed by atoms with Crippen molar-refractivity contribution in [3.05, 3.63) is 52.5 Å². The molecule has 4 heterocycles. The normalized spacial score (nSPS) is 13.0. The van der Waals surface area contributed by atoms with Crippen molar-refractivity contribution in [1.82, 2.24) is 19.0 Å². The van der Waals surface area contributed by atoms with E-state index in [0.717, 1.165) is 38.6 Å². The van der Waals surface area contributed by atoms with Gasteiger partial charge in [-0.05, 0) is 69.0 Å². The van der Waals surface area contributed by atoms with Gasteiger partial charge in [-0.25, -0.2) is 9.50 Å². The van der Waals surface area contributed by atoms with Crippen LogP contribution in [0.25, 0.3) is 22.6 Å². The molecule has 1 atom stereocenters. The number of imidazole rings is 1. The molecule has 140 valence electrons. The lowest BCUT2D eigenvalue weighted by Gasteiger charge is -2.12. The number of rotatable bonds is 3. The Morgan fingerprint density at radius 3 is 2.52 bits per heavy atom. The minimum absolute atomic E-state index is 0.548. The van der Waals surface area contributed by atoms with E-state index in [2.05, 4.69) is 34.6 Å². The molecule has 4 aromatic rings. The molecule has 0 aliphatic carbocycles. The molecule has 0 N–H and O–H groups in total. The fourth-order valence-corrected chi connectivity index (χ4v) is 4.69. The van der Waals surface area contributed by atoms with Gasteiger partial charge in [0.25, 0.3) is 0 Å². The maximum Gasteiger partial charge on any atom is 0.137 e. The van der Waals surface area contributed by atoms with Crippen molar-refractivity contribution in [2.24, 2.45) is 0 Å². The van der Waals surface area contributed by atoms with Crippen LogP contribution in [0.3, 0.4) is 0 Å². The summed E-state index contributed by atoms with van der Waals surface area (Å²) in [5.74, 6) is 0.548. The van der Waals surface area contributed by atoms with Gasteiger partial charge in [-0.3, -0.25) is 4.21 Å². The maximum absolute atomic E-state index is 13.0. The third-order valence-electron chi connectivity index (χ3n) is 5.53. The summed E-state index contributed by atoms with van der Waals surface area (Å²) in [5, 5.41) is 4.88. The molecule has 4 rings (SSSR count). The van der Waals surface area contributed by atoms with Crippen LogP contribution >= 0.6 is 0 Å². The van der Waals surface area contributed by atoms with Crippen LogP contribution in [0.4, 0.5) is 0 Å². The van der Waals surface area contributed by atoms with E-state index in [-0.39, 0.29) is 0 Å². The number of hydrogen-bond donors (Lipinski definition) is 0. The Labute approximate surface area is 161 Å². The van der Waals surface area contributed by atoms with Crippen LogP contribution in [0.15, 0.2) is 29.4 Å². The van der Waals surface area contributed by atoms with Crippen LogP contribution in [0.2, 0.25) is 0 Å². The molecule has 0 spiro atoms. The molecule has 5 nitrogen and oxygen atoms in total. The highest BCUT2D eigenvalue weighted by Gasteiger charge is 2.25. The highest BCUT2D eigenvalue weighted by Crippen LogP contribution is 2.34. The zero-order valence-electron chi connectivity index (χ0n) is 16.6. The first-order chi connectivity index (χ1) is 12.8. The van der Waals surface area contributed by atoms with Crippen LogP contribution in [0.1, 0.15) is 34.9 Å². The molecule has 0 aliphatic rings. The van der Waals surface area contributed by atoms with Gasteiger partial charge in [0.15, 0.2) is 0 Å². The second-order valence-corrected chi connectivity index (χ2v) is 8.81. The van der Waals surface area contributed by atoms with Crippen molar-refractivity contribution < 1.29 is 4.21 Å². The van der Waals surface area contributed by atoms with Gasteiger partial charge >= 0.3 is 0 Å². The summed E-state index contributed by atoms with van der Waals surface area (Å²) in [6, 6.07) is 4.09. The molecule has 0 aliphatic heterocycles. The van der Waals surface area contributed by atoms with E-state index in [1.165, 1.54) is 11.1 Å². The lowest BCUT2D eigenvalue weighted by Crippen LogP contribution is -2.03. The molecule has 1 unspecified atom stereocenters. The molecule has 0 amide bonds. The Bertz CT molecular complexity index is 1230. The Balaban J connectivity index is 2.11. The third kappa shape index (κ3) is 2.62. The van der Waals surface area contributed by atoms with E-state index in [1.807, 2.05) is 40.4 Å². The SMILES string of the molecule is CCS(=O)c1c(-c2cn3ccc(C)cc3n2)nn2c(C)c(C)c(C)c(C)c12. The smallest absolute Gasteiger partial charge is 0.137 e. The minimum atomic E-state index is -1.14. The van der Waals surface area contributed by atoms with E-state index in [0.29, 0.717) is 11.4 Å². The topological polar surface area (TPSA) is 51.7 Å². The second-order valence-electron chi connectivity index (χ2n) is 7.13. The largest absolute Gasteiger partial charge is 0.306 e. The van der Waals surface area contributed by atoms with Crippen molar-refractivity contribution in [2.75, 3.05) is 5.75 Å². The number of fused-ring (bicyclic) bond motifs is 2. The predicted molar refractivity (Wildman–Crippen MR) is 110 cm³/mol. The van der Waals surface area contributed by atoms with Gasteiger partial charge in [-0.15, -0.1) is 0 Å². The maximum atomic E-state index is 13.0. The highest BCUT2D eigenvalue weighted by atomic mass is 32.2. The first kappa shape index (κ1) is 17.9. The number of pyridine rings is 2. The summed E-state index contributed by atoms with van der Waals surface area (Å²) in [7, 11) is -1.14. The van der Waals surface area contributed by atoms with Crippen LogP contribution in [-0.2, 0) is 10.8 Å². The van der Waals surface area contributed by atoms with Gasteiger partial charge in [-0.1, -0.05) is 6.92 Å². The molecule has 27 heavy (non-hydrogen) atoms. The zero-order valence-corrected chi connectivity index (χ0v) is 17.4. The molecular formula is C21H24N4OS. The van der Waals surface area contributed by atoms with Crippen LogP contribution in [0.5, 0.6) is 0 Å². The molecular weight excluding hydrogens is 356 g/mol. The average molecular weight is 381 g/mol. The Morgan fingerprint density at radius 2 is 1.81 bits per heavy atom. The van der Waals surface area contributed by atoms with Crippen molar-refractivity contribution in [3.8, 4) is 11.4 Å². The molecule has 6 heteroatoms. The average Bonchev–Trinajstić information content (AvgIpc) is 3.25. The lowest BCUT2D eigenvalue weighted by molar-refractivity contribution is 0.684. The van der Waals surface area contributed by atoms with Crippen molar-refractivity contribution >= 4 is 22.0 Å². The first-order valence-corrected chi connectivity index (χ1v) is 10.5. The van der Waals surface area contributed by atoms with Crippen molar-refractivity contribution in [2.45, 2.75) is 46.4 Å². The molecule has 0 fully saturated rings. The van der Waals surface area contributed by atoms with E-state index >= 15 is 0 Å². The van der Waals surface area contributed by atoms with E-state index in [4.69, 9.17) is 10.1 Å². The molecule has 0 saturated heterocycles. The van der Waals surface area contributed by atoms with Crippen LogP contribution < -0.4 is 0 Å². The van der Waals surface area contributed by atoms with Gasteiger partial charge < -0.3 is 4.40 Å². The fourth-order valence-electron chi connectivity index (χ4n) is 3.59. The Morgan fingerprint density at radius 1 is 1.07 bits per heavy atom. The summed E-state index contributed by atoms with van der Waals surface area (Å²) in [6.07, 6.45) is 3.97. The number of aryl methyl sites for hydroxylation is 3. The second kappa shape index (κ2) is 6.30. The summed E-state index contributed by atoms with van der Waals surface area (Å²) in [4.78, 5) is 5.57. The first-order valence-electron chi connectivity index (χ1n) is 9.16. The zero-order chi connectivity index (χ0) is 19.5. The molecule has 0 saturated carbocycles. The van der Waals surface area contributed by atoms with Crippen molar-refractivity contribution in [1.29, 1.82) is 0 Å². The monoisotopic (exact) mass is 380 g/mol. The lowest BCUT2D eigenvalue weighted by atomic mass is 10.0. The third-order valence-corrected chi connectivity index (χ3v) is 6.90. The van der Waals surface area contributed by atoms with Crippen molar-refractivity contribution in [3.63, 3.8) is 0 Å². The van der Waals surface area contributed by atoms with Gasteiger partial charge in [0, 0.05) is 23.8 Å². The summed E-state index contributed by atoms with van der Waals surface area (Å²) in [5.41, 5.74) is 9.12. The molecule has 0 radical (unpaired) electrons. The molecule has 0 bridgehead atoms. The predicted octanol–water partition coefficient (Wildman–Crippen LogP) is 4.32. The van der Waals surface area contributed by atoms with E-state index in [1.54, 1.807) is 0 Å². The standard InChI is InChI=1S/C21H24N4OS/c1-7-27(26)21-19(17-11-24-9-8-12(2)10-18(24)22-17)23-25-16(6)14(4)13(3)15(5)20(21)25/h8-11H,7H2,1-6H3. The van der Waals surface area contributed by atoms with E-state index in [9.17, 15) is 4.21 Å². The number of nitrogens with zero attached hydrogens (tertiary/aromatic N) is 4. The Kier molecular flexibility index (Phi) is 4.18. The minimum Gasteiger partial charge on any atom is -0.306 e. The quantitative estimate of drug-likeness (QED) is 0.532. The van der Waals surface area contributed by atoms with Gasteiger partial charge in [0.1, 0.15) is 17.0 Å². The van der Waals surface area contributed by atoms with Gasteiger partial charge in [0.2, 0.25) is 0 Å². The summed E-state index contributed by atoms with van der Waals surface area (Å²) < 4.78 is 17.0. The summed E-state index contributed by atoms with van der Waals surface area (Å²) >= 11 is 0. The van der Waals surface area contributed by atoms with Crippen LogP contribution in [0, 0.1) is 34.6 Å². The number of hydrogen-bond acceptors (Lipinski definition) is 3. The number of aromatic nitrogens is 4. The fraction of sp³-hybridized carbons (Fsp3) is 0.333. The Hall–Kier alpha value is -2.47. The van der Waals surface area contributed by atoms with Crippen LogP contribution in [-0.4, -0.2) is 29.0 Å². The van der Waals surface area contributed by atoms with Gasteiger partial charge in [0.05, 0.1) is 21.2 Å². The molecule has 0 aromatic carbocycles. The summed E-state index contributed by atoms with van der Waals surface area (Å²) in [6.45, 7) is 12.4. The molecule has 4 aromatic heterocycles. The highest BCUT2D eigenvalue weighted by molar-refractivity contribution is 7.85. The van der Waals surface area contributed by atoms with Gasteiger partial charge in [-0.2, -0.15) is 5.10 Å².